The van der Waals surface area contributed by atoms with E-state index < -0.39 is 21.7 Å². The molecule has 0 saturated heterocycles. The third-order valence-corrected chi connectivity index (χ3v) is 6.49. The molecule has 7 heteroatoms. The van der Waals surface area contributed by atoms with E-state index in [-0.39, 0.29) is 11.9 Å². The molecule has 0 unspecified atom stereocenters. The number of nitrogens with zero attached hydrogens (tertiary/aromatic N) is 1. The van der Waals surface area contributed by atoms with Gasteiger partial charge in [-0.1, -0.05) is 42.8 Å². The maximum absolute atomic E-state index is 13.3. The van der Waals surface area contributed by atoms with Gasteiger partial charge in [0.05, 0.1) is 18.0 Å². The first-order valence-electron chi connectivity index (χ1n) is 10.2. The van der Waals surface area contributed by atoms with Gasteiger partial charge in [-0.05, 0) is 45.4 Å². The van der Waals surface area contributed by atoms with E-state index in [1.54, 1.807) is 12.1 Å². The third-order valence-electron chi connectivity index (χ3n) is 5.31. The lowest BCUT2D eigenvalue weighted by atomic mass is 9.89. The molecule has 0 spiro atoms. The van der Waals surface area contributed by atoms with Crippen molar-refractivity contribution in [3.8, 4) is 5.75 Å². The van der Waals surface area contributed by atoms with Crippen LogP contribution >= 0.6 is 0 Å². The highest BCUT2D eigenvalue weighted by atomic mass is 32.2. The van der Waals surface area contributed by atoms with Crippen LogP contribution in [0.2, 0.25) is 0 Å². The fraction of sp³-hybridized carbons (Fsp3) is 0.435. The summed E-state index contributed by atoms with van der Waals surface area (Å²) in [6.07, 6.45) is 2.08. The molecule has 1 aliphatic heterocycles. The number of rotatable bonds is 6. The molecule has 0 aliphatic carbocycles. The molecule has 1 aliphatic rings. The molecule has 2 aromatic rings. The number of hydrogen-bond acceptors (Lipinski definition) is 4. The fourth-order valence-corrected chi connectivity index (χ4v) is 5.16. The van der Waals surface area contributed by atoms with Crippen molar-refractivity contribution in [1.82, 2.24) is 5.32 Å². The predicted octanol–water partition coefficient (Wildman–Crippen LogP) is 3.96. The summed E-state index contributed by atoms with van der Waals surface area (Å²) in [5.74, 6) is 0.423. The van der Waals surface area contributed by atoms with Gasteiger partial charge in [-0.15, -0.1) is 0 Å². The Balaban J connectivity index is 1.92. The summed E-state index contributed by atoms with van der Waals surface area (Å²) in [4.78, 5) is 13.3. The number of fused-ring (bicyclic) bond motifs is 1. The number of hydrogen-bond donors (Lipinski definition) is 1. The zero-order valence-corrected chi connectivity index (χ0v) is 19.0. The number of ether oxygens (including phenoxy) is 1. The van der Waals surface area contributed by atoms with Gasteiger partial charge in [0, 0.05) is 12.0 Å². The van der Waals surface area contributed by atoms with Crippen LogP contribution in [-0.2, 0) is 14.8 Å². The standard InChI is InChI=1S/C23H30N2O4S/c1-6-20(25(30(5,27)28)17-13-11-16(2)12-14-17)22(26)24-19-15-23(3,4)29-21-10-8-7-9-18(19)21/h7-14,19-20H,6,15H2,1-5H3,(H,24,26)/t19-,20+/m1/s1. The largest absolute Gasteiger partial charge is 0.487 e. The van der Waals surface area contributed by atoms with Crippen LogP contribution in [0.25, 0.3) is 0 Å². The lowest BCUT2D eigenvalue weighted by Gasteiger charge is -2.39. The molecular weight excluding hydrogens is 400 g/mol. The molecule has 0 saturated carbocycles. The Morgan fingerprint density at radius 2 is 1.83 bits per heavy atom. The lowest BCUT2D eigenvalue weighted by molar-refractivity contribution is -0.123. The summed E-state index contributed by atoms with van der Waals surface area (Å²) < 4.78 is 32.5. The molecule has 162 valence electrons. The van der Waals surface area contributed by atoms with Crippen LogP contribution in [0.4, 0.5) is 5.69 Å². The first kappa shape index (κ1) is 22.2. The average Bonchev–Trinajstić information content (AvgIpc) is 2.65. The van der Waals surface area contributed by atoms with Crippen LogP contribution in [0, 0.1) is 6.92 Å². The van der Waals surface area contributed by atoms with Crippen LogP contribution in [0.15, 0.2) is 48.5 Å². The van der Waals surface area contributed by atoms with E-state index in [4.69, 9.17) is 4.74 Å². The number of sulfonamides is 1. The van der Waals surface area contributed by atoms with E-state index in [0.717, 1.165) is 23.1 Å². The summed E-state index contributed by atoms with van der Waals surface area (Å²) in [6.45, 7) is 7.71. The summed E-state index contributed by atoms with van der Waals surface area (Å²) in [7, 11) is -3.66. The van der Waals surface area contributed by atoms with E-state index in [1.165, 1.54) is 4.31 Å². The molecule has 6 nitrogen and oxygen atoms in total. The second-order valence-electron chi connectivity index (χ2n) is 8.48. The van der Waals surface area contributed by atoms with Crippen molar-refractivity contribution in [3.63, 3.8) is 0 Å². The normalized spacial score (nSPS) is 18.6. The number of amides is 1. The Morgan fingerprint density at radius 1 is 1.20 bits per heavy atom. The zero-order chi connectivity index (χ0) is 22.1. The molecule has 0 fully saturated rings. The molecule has 0 radical (unpaired) electrons. The number of anilines is 1. The SMILES string of the molecule is CC[C@@H](C(=O)N[C@@H]1CC(C)(C)Oc2ccccc21)N(c1ccc(C)cc1)S(C)(=O)=O. The van der Waals surface area contributed by atoms with Crippen LogP contribution in [0.3, 0.4) is 0 Å². The third kappa shape index (κ3) is 4.78. The highest BCUT2D eigenvalue weighted by molar-refractivity contribution is 7.92. The quantitative estimate of drug-likeness (QED) is 0.753. The van der Waals surface area contributed by atoms with Crippen LogP contribution in [-0.4, -0.2) is 32.2 Å². The number of nitrogens with one attached hydrogen (secondary N) is 1. The molecule has 1 N–H and O–H groups in total. The van der Waals surface area contributed by atoms with E-state index >= 15 is 0 Å². The molecule has 1 amide bonds. The van der Waals surface area contributed by atoms with Gasteiger partial charge in [0.15, 0.2) is 0 Å². The van der Waals surface area contributed by atoms with Gasteiger partial charge in [0.1, 0.15) is 17.4 Å². The van der Waals surface area contributed by atoms with Gasteiger partial charge in [0.25, 0.3) is 0 Å². The molecule has 2 aromatic carbocycles. The molecule has 3 rings (SSSR count). The molecule has 1 heterocycles. The van der Waals surface area contributed by atoms with Gasteiger partial charge in [0.2, 0.25) is 15.9 Å². The fourth-order valence-electron chi connectivity index (χ4n) is 3.95. The summed E-state index contributed by atoms with van der Waals surface area (Å²) in [5.41, 5.74) is 1.96. The minimum absolute atomic E-state index is 0.258. The van der Waals surface area contributed by atoms with Crippen molar-refractivity contribution in [2.45, 2.75) is 58.2 Å². The minimum atomic E-state index is -3.66. The molecular formula is C23H30N2O4S. The van der Waals surface area contributed by atoms with Crippen molar-refractivity contribution in [3.05, 3.63) is 59.7 Å². The Kier molecular flexibility index (Phi) is 6.13. The monoisotopic (exact) mass is 430 g/mol. The number of aryl methyl sites for hydroxylation is 1. The highest BCUT2D eigenvalue weighted by Gasteiger charge is 2.37. The maximum Gasteiger partial charge on any atom is 0.244 e. The number of carbonyl (C=O) groups is 1. The Labute approximate surface area is 179 Å². The molecule has 0 bridgehead atoms. The number of para-hydroxylation sites is 1. The van der Waals surface area contributed by atoms with Crippen molar-refractivity contribution < 1.29 is 17.9 Å². The molecule has 2 atom stereocenters. The molecule has 30 heavy (non-hydrogen) atoms. The van der Waals surface area contributed by atoms with Gasteiger partial charge in [-0.25, -0.2) is 8.42 Å². The van der Waals surface area contributed by atoms with E-state index in [1.807, 2.05) is 64.1 Å². The van der Waals surface area contributed by atoms with E-state index in [9.17, 15) is 13.2 Å². The highest BCUT2D eigenvalue weighted by Crippen LogP contribution is 2.39. The van der Waals surface area contributed by atoms with Crippen molar-refractivity contribution in [2.75, 3.05) is 10.6 Å². The maximum atomic E-state index is 13.3. The smallest absolute Gasteiger partial charge is 0.244 e. The first-order valence-corrected chi connectivity index (χ1v) is 12.0. The van der Waals surface area contributed by atoms with Crippen LogP contribution in [0.1, 0.15) is 50.8 Å². The van der Waals surface area contributed by atoms with E-state index in [0.29, 0.717) is 18.5 Å². The topological polar surface area (TPSA) is 75.7 Å². The lowest BCUT2D eigenvalue weighted by Crippen LogP contribution is -2.51. The summed E-state index contributed by atoms with van der Waals surface area (Å²) in [5, 5.41) is 3.09. The zero-order valence-electron chi connectivity index (χ0n) is 18.2. The Bertz CT molecular complexity index is 1020. The number of benzene rings is 2. The second-order valence-corrected chi connectivity index (χ2v) is 10.3. The van der Waals surface area contributed by atoms with Crippen molar-refractivity contribution in [2.24, 2.45) is 0 Å². The second kappa shape index (κ2) is 8.30. The molecule has 0 aromatic heterocycles. The average molecular weight is 431 g/mol. The van der Waals surface area contributed by atoms with Gasteiger partial charge in [-0.2, -0.15) is 0 Å². The summed E-state index contributed by atoms with van der Waals surface area (Å²) in [6, 6.07) is 13.7. The summed E-state index contributed by atoms with van der Waals surface area (Å²) >= 11 is 0. The minimum Gasteiger partial charge on any atom is -0.487 e. The van der Waals surface area contributed by atoms with Gasteiger partial charge >= 0.3 is 0 Å². The van der Waals surface area contributed by atoms with Crippen LogP contribution < -0.4 is 14.4 Å². The Morgan fingerprint density at radius 3 is 2.43 bits per heavy atom. The van der Waals surface area contributed by atoms with Gasteiger partial charge < -0.3 is 10.1 Å². The van der Waals surface area contributed by atoms with Crippen LogP contribution in [0.5, 0.6) is 5.75 Å². The Hall–Kier alpha value is -2.54. The van der Waals surface area contributed by atoms with E-state index in [2.05, 4.69) is 5.32 Å². The van der Waals surface area contributed by atoms with Crippen molar-refractivity contribution in [1.29, 1.82) is 0 Å². The van der Waals surface area contributed by atoms with Gasteiger partial charge in [-0.3, -0.25) is 9.10 Å². The predicted molar refractivity (Wildman–Crippen MR) is 119 cm³/mol. The van der Waals surface area contributed by atoms with Crippen molar-refractivity contribution >= 4 is 21.6 Å². The first-order chi connectivity index (χ1) is 14.0. The number of carbonyl (C=O) groups excluding carboxylic acids is 1.